The van der Waals surface area contributed by atoms with Crippen LogP contribution in [0.5, 0.6) is 5.75 Å². The number of carbonyl (C=O) groups excluding carboxylic acids is 3. The molecule has 5 nitrogen and oxygen atoms in total. The SMILES string of the molecule is CCCCN(CCCC)c1ccc(C2=c3ccc(=C4C(=O)c5ccccc5C4=O)cc3OC2=O)cc1. The van der Waals surface area contributed by atoms with Crippen molar-refractivity contribution in [2.75, 3.05) is 18.0 Å². The maximum absolute atomic E-state index is 12.9. The number of anilines is 1. The summed E-state index contributed by atoms with van der Waals surface area (Å²) in [5, 5.41) is 1.13. The Balaban J connectivity index is 1.52. The van der Waals surface area contributed by atoms with Crippen LogP contribution in [-0.4, -0.2) is 30.6 Å². The van der Waals surface area contributed by atoms with Gasteiger partial charge in [0.25, 0.3) is 0 Å². The van der Waals surface area contributed by atoms with E-state index in [1.54, 1.807) is 42.5 Å². The summed E-state index contributed by atoms with van der Waals surface area (Å²) in [6.07, 6.45) is 4.57. The van der Waals surface area contributed by atoms with Gasteiger partial charge < -0.3 is 9.64 Å². The third-order valence-electron chi connectivity index (χ3n) is 6.90. The topological polar surface area (TPSA) is 63.7 Å². The van der Waals surface area contributed by atoms with E-state index in [0.29, 0.717) is 32.9 Å². The standard InChI is InChI=1S/C31H29NO4/c1-3-5-17-32(18-6-4-2)22-14-11-20(12-15-22)27-25-16-13-21(19-26(25)36-31(27)35)28-29(33)23-9-7-8-10-24(23)30(28)34/h7-16,19H,3-6,17-18H2,1-2H3. The van der Waals surface area contributed by atoms with Crippen molar-refractivity contribution in [3.05, 3.63) is 93.9 Å². The summed E-state index contributed by atoms with van der Waals surface area (Å²) in [7, 11) is 0. The molecule has 0 bridgehead atoms. The number of hydrogen-bond acceptors (Lipinski definition) is 5. The van der Waals surface area contributed by atoms with Gasteiger partial charge in [-0.25, -0.2) is 4.79 Å². The van der Waals surface area contributed by atoms with Crippen LogP contribution in [0.1, 0.15) is 65.8 Å². The van der Waals surface area contributed by atoms with Crippen LogP contribution < -0.4 is 20.1 Å². The van der Waals surface area contributed by atoms with E-state index < -0.39 is 5.97 Å². The molecule has 5 heteroatoms. The number of hydrogen-bond donors (Lipinski definition) is 0. The molecule has 5 rings (SSSR count). The van der Waals surface area contributed by atoms with Crippen molar-refractivity contribution in [2.24, 2.45) is 0 Å². The molecule has 182 valence electrons. The fourth-order valence-electron chi connectivity index (χ4n) is 4.92. The molecule has 0 fully saturated rings. The normalized spacial score (nSPS) is 14.2. The number of ether oxygens (including phenoxy) is 1. The Morgan fingerprint density at radius 1 is 0.722 bits per heavy atom. The fraction of sp³-hybridized carbons (Fsp3) is 0.258. The molecule has 3 aromatic carbocycles. The quantitative estimate of drug-likeness (QED) is 0.353. The first-order valence-corrected chi connectivity index (χ1v) is 12.7. The number of fused-ring (bicyclic) bond motifs is 2. The van der Waals surface area contributed by atoms with Gasteiger partial charge in [-0.3, -0.25) is 9.59 Å². The molecule has 0 aromatic heterocycles. The highest BCUT2D eigenvalue weighted by Gasteiger charge is 2.33. The van der Waals surface area contributed by atoms with Crippen LogP contribution in [0.15, 0.2) is 66.7 Å². The smallest absolute Gasteiger partial charge is 0.344 e. The lowest BCUT2D eigenvalue weighted by Crippen LogP contribution is -2.25. The number of ketones is 2. The lowest BCUT2D eigenvalue weighted by atomic mass is 10.0. The first-order valence-electron chi connectivity index (χ1n) is 12.7. The minimum atomic E-state index is -0.430. The van der Waals surface area contributed by atoms with Crippen LogP contribution in [0.2, 0.25) is 0 Å². The van der Waals surface area contributed by atoms with Crippen LogP contribution >= 0.6 is 0 Å². The minimum absolute atomic E-state index is 0.118. The van der Waals surface area contributed by atoms with Gasteiger partial charge in [0.1, 0.15) is 5.75 Å². The van der Waals surface area contributed by atoms with E-state index in [9.17, 15) is 14.4 Å². The summed E-state index contributed by atoms with van der Waals surface area (Å²) >= 11 is 0. The van der Waals surface area contributed by atoms with Gasteiger partial charge in [-0.05, 0) is 47.9 Å². The molecule has 36 heavy (non-hydrogen) atoms. The molecule has 0 radical (unpaired) electrons. The summed E-state index contributed by atoms with van der Waals surface area (Å²) in [6, 6.07) is 20.0. The molecule has 0 unspecified atom stereocenters. The molecule has 0 saturated heterocycles. The second kappa shape index (κ2) is 9.94. The molecule has 1 aliphatic carbocycles. The van der Waals surface area contributed by atoms with Crippen molar-refractivity contribution >= 4 is 34.4 Å². The number of nitrogens with zero attached hydrogens (tertiary/aromatic N) is 1. The number of benzene rings is 3. The maximum Gasteiger partial charge on any atom is 0.344 e. The van der Waals surface area contributed by atoms with Gasteiger partial charge in [-0.15, -0.1) is 0 Å². The lowest BCUT2D eigenvalue weighted by molar-refractivity contribution is -0.127. The molecule has 1 aliphatic heterocycles. The molecule has 2 aliphatic rings. The van der Waals surface area contributed by atoms with Crippen molar-refractivity contribution in [1.82, 2.24) is 0 Å². The van der Waals surface area contributed by atoms with E-state index >= 15 is 0 Å². The van der Waals surface area contributed by atoms with Crippen molar-refractivity contribution in [2.45, 2.75) is 39.5 Å². The summed E-state index contributed by atoms with van der Waals surface area (Å²) in [5.74, 6) is -0.653. The van der Waals surface area contributed by atoms with Gasteiger partial charge in [-0.1, -0.05) is 69.2 Å². The van der Waals surface area contributed by atoms with Gasteiger partial charge in [0, 0.05) is 35.1 Å². The zero-order chi connectivity index (χ0) is 25.2. The maximum atomic E-state index is 12.9. The van der Waals surface area contributed by atoms with Crippen LogP contribution in [0, 0.1) is 0 Å². The van der Waals surface area contributed by atoms with Crippen LogP contribution in [0.4, 0.5) is 5.69 Å². The average molecular weight is 480 g/mol. The number of unbranched alkanes of at least 4 members (excludes halogenated alkanes) is 2. The van der Waals surface area contributed by atoms with E-state index in [4.69, 9.17) is 4.74 Å². The highest BCUT2D eigenvalue weighted by Crippen LogP contribution is 2.28. The van der Waals surface area contributed by atoms with Crippen molar-refractivity contribution in [1.29, 1.82) is 0 Å². The molecule has 0 spiro atoms. The van der Waals surface area contributed by atoms with Gasteiger partial charge in [-0.2, -0.15) is 0 Å². The van der Waals surface area contributed by atoms with E-state index in [2.05, 4.69) is 30.9 Å². The first-order chi connectivity index (χ1) is 17.5. The molecule has 0 saturated carbocycles. The van der Waals surface area contributed by atoms with E-state index in [0.717, 1.165) is 50.0 Å². The summed E-state index contributed by atoms with van der Waals surface area (Å²) in [5.41, 5.74) is 3.37. The minimum Gasteiger partial charge on any atom is -0.422 e. The zero-order valence-electron chi connectivity index (χ0n) is 20.7. The second-order valence-electron chi connectivity index (χ2n) is 9.30. The second-order valence-corrected chi connectivity index (χ2v) is 9.30. The number of esters is 1. The Morgan fingerprint density at radius 3 is 1.92 bits per heavy atom. The van der Waals surface area contributed by atoms with Gasteiger partial charge in [0.05, 0.1) is 11.1 Å². The van der Waals surface area contributed by atoms with Crippen molar-refractivity contribution < 1.29 is 19.1 Å². The number of rotatable bonds is 8. The Hall–Kier alpha value is -3.99. The van der Waals surface area contributed by atoms with Crippen LogP contribution in [-0.2, 0) is 4.79 Å². The average Bonchev–Trinajstić information content (AvgIpc) is 3.36. The summed E-state index contributed by atoms with van der Waals surface area (Å²) < 4.78 is 5.58. The molecule has 0 amide bonds. The number of carbonyl (C=O) groups is 3. The largest absolute Gasteiger partial charge is 0.422 e. The fourth-order valence-corrected chi connectivity index (χ4v) is 4.92. The van der Waals surface area contributed by atoms with E-state index in [1.165, 1.54) is 0 Å². The molecule has 1 heterocycles. The van der Waals surface area contributed by atoms with Gasteiger partial charge in [0.15, 0.2) is 11.6 Å². The van der Waals surface area contributed by atoms with Gasteiger partial charge >= 0.3 is 5.97 Å². The third-order valence-corrected chi connectivity index (χ3v) is 6.90. The number of Topliss-reactive ketones (excluding diaryl/α,β-unsaturated/α-hetero) is 2. The predicted molar refractivity (Wildman–Crippen MR) is 141 cm³/mol. The molecular weight excluding hydrogens is 450 g/mol. The van der Waals surface area contributed by atoms with Crippen molar-refractivity contribution in [3.8, 4) is 5.75 Å². The molecule has 0 atom stereocenters. The first kappa shape index (κ1) is 23.7. The van der Waals surface area contributed by atoms with Crippen LogP contribution in [0.25, 0.3) is 11.1 Å². The highest BCUT2D eigenvalue weighted by molar-refractivity contribution is 6.55. The molecule has 0 N–H and O–H groups in total. The Kier molecular flexibility index (Phi) is 6.55. The van der Waals surface area contributed by atoms with Gasteiger partial charge in [0.2, 0.25) is 0 Å². The Labute approximate surface area is 210 Å². The van der Waals surface area contributed by atoms with E-state index in [-0.39, 0.29) is 17.1 Å². The lowest BCUT2D eigenvalue weighted by Gasteiger charge is -2.25. The van der Waals surface area contributed by atoms with E-state index in [1.807, 2.05) is 12.1 Å². The highest BCUT2D eigenvalue weighted by atomic mass is 16.5. The molecule has 3 aromatic rings. The Morgan fingerprint density at radius 2 is 1.33 bits per heavy atom. The predicted octanol–water partition coefficient (Wildman–Crippen LogP) is 4.44. The molecular formula is C31H29NO4. The van der Waals surface area contributed by atoms with Crippen LogP contribution in [0.3, 0.4) is 0 Å². The summed E-state index contributed by atoms with van der Waals surface area (Å²) in [6.45, 7) is 6.42. The zero-order valence-corrected chi connectivity index (χ0v) is 20.7. The third kappa shape index (κ3) is 4.15. The monoisotopic (exact) mass is 479 g/mol. The Bertz CT molecular complexity index is 1440. The van der Waals surface area contributed by atoms with Crippen molar-refractivity contribution in [3.63, 3.8) is 0 Å². The summed E-state index contributed by atoms with van der Waals surface area (Å²) in [4.78, 5) is 41.1.